The number of aromatic nitrogens is 3. The minimum Gasteiger partial charge on any atom is -0.476 e. The number of thiazole rings is 1. The summed E-state index contributed by atoms with van der Waals surface area (Å²) < 4.78 is 44.5. The maximum atomic E-state index is 13.1. The molecule has 0 radical (unpaired) electrons. The van der Waals surface area contributed by atoms with Crippen LogP contribution >= 0.6 is 11.3 Å². The van der Waals surface area contributed by atoms with E-state index in [1.807, 2.05) is 0 Å². The van der Waals surface area contributed by atoms with Crippen LogP contribution in [0.1, 0.15) is 35.9 Å². The molecule has 0 saturated carbocycles. The van der Waals surface area contributed by atoms with Crippen LogP contribution in [0.15, 0.2) is 17.6 Å². The lowest BCUT2D eigenvalue weighted by Crippen LogP contribution is -2.41. The Hall–Kier alpha value is -1.78. The molecule has 2 aromatic heterocycles. The summed E-state index contributed by atoms with van der Waals surface area (Å²) in [5, 5.41) is 6.94. The molecule has 1 atom stereocenters. The summed E-state index contributed by atoms with van der Waals surface area (Å²) in [6.07, 6.45) is -0.880. The van der Waals surface area contributed by atoms with Crippen LogP contribution in [-0.4, -0.2) is 46.3 Å². The van der Waals surface area contributed by atoms with Gasteiger partial charge in [-0.1, -0.05) is 0 Å². The fourth-order valence-corrected chi connectivity index (χ4v) is 4.06. The van der Waals surface area contributed by atoms with Crippen molar-refractivity contribution < 1.29 is 17.9 Å². The molecule has 0 aromatic carbocycles. The second kappa shape index (κ2) is 8.74. The van der Waals surface area contributed by atoms with E-state index < -0.39 is 12.4 Å². The molecule has 0 amide bonds. The SMILES string of the molecule is NCC(c1scnc1C(F)F)N1CCC(COc2ccc(F)nn2)CC1. The smallest absolute Gasteiger partial charge is 0.281 e. The van der Waals surface area contributed by atoms with Crippen molar-refractivity contribution in [1.29, 1.82) is 0 Å². The Balaban J connectivity index is 1.53. The molecule has 1 saturated heterocycles. The van der Waals surface area contributed by atoms with E-state index >= 15 is 0 Å². The number of nitrogens with zero attached hydrogens (tertiary/aromatic N) is 4. The van der Waals surface area contributed by atoms with Crippen molar-refractivity contribution in [2.75, 3.05) is 26.2 Å². The third kappa shape index (κ3) is 4.49. The highest BCUT2D eigenvalue weighted by atomic mass is 32.1. The zero-order valence-electron chi connectivity index (χ0n) is 14.0. The Kier molecular flexibility index (Phi) is 6.38. The molecule has 142 valence electrons. The summed E-state index contributed by atoms with van der Waals surface area (Å²) in [5.74, 6) is -0.0443. The molecule has 2 aromatic rings. The van der Waals surface area contributed by atoms with Crippen LogP contribution in [0.4, 0.5) is 13.2 Å². The molecular formula is C16H20F3N5OS. The molecule has 1 unspecified atom stereocenters. The van der Waals surface area contributed by atoms with Crippen molar-refractivity contribution in [1.82, 2.24) is 20.1 Å². The van der Waals surface area contributed by atoms with Gasteiger partial charge in [-0.15, -0.1) is 21.5 Å². The molecule has 10 heteroatoms. The predicted octanol–water partition coefficient (Wildman–Crippen LogP) is 2.80. The van der Waals surface area contributed by atoms with Gasteiger partial charge in [-0.3, -0.25) is 4.90 Å². The van der Waals surface area contributed by atoms with Crippen molar-refractivity contribution in [3.05, 3.63) is 34.2 Å². The van der Waals surface area contributed by atoms with E-state index in [0.29, 0.717) is 23.3 Å². The van der Waals surface area contributed by atoms with Crippen molar-refractivity contribution in [2.24, 2.45) is 11.7 Å². The number of halogens is 3. The largest absolute Gasteiger partial charge is 0.476 e. The van der Waals surface area contributed by atoms with Gasteiger partial charge in [0.25, 0.3) is 6.43 Å². The molecule has 1 fully saturated rings. The standard InChI is InChI=1S/C16H20F3N5OS/c17-12-1-2-13(23-22-12)25-8-10-3-5-24(6-4-10)11(7-20)15-14(16(18)19)21-9-26-15/h1-2,9-11,16H,3-8,20H2. The lowest BCUT2D eigenvalue weighted by Gasteiger charge is -2.36. The van der Waals surface area contributed by atoms with E-state index in [-0.39, 0.29) is 18.3 Å². The Labute approximate surface area is 153 Å². The summed E-state index contributed by atoms with van der Waals surface area (Å²) in [6.45, 7) is 2.22. The predicted molar refractivity (Wildman–Crippen MR) is 90.6 cm³/mol. The van der Waals surface area contributed by atoms with Gasteiger partial charge < -0.3 is 10.5 Å². The highest BCUT2D eigenvalue weighted by molar-refractivity contribution is 7.09. The zero-order chi connectivity index (χ0) is 18.5. The Morgan fingerprint density at radius 1 is 1.27 bits per heavy atom. The second-order valence-electron chi connectivity index (χ2n) is 6.14. The zero-order valence-corrected chi connectivity index (χ0v) is 14.8. The first-order valence-electron chi connectivity index (χ1n) is 8.36. The average molecular weight is 387 g/mol. The number of piperidine rings is 1. The topological polar surface area (TPSA) is 77.2 Å². The van der Waals surface area contributed by atoms with E-state index in [4.69, 9.17) is 10.5 Å². The Morgan fingerprint density at radius 2 is 2.04 bits per heavy atom. The van der Waals surface area contributed by atoms with Crippen molar-refractivity contribution in [2.45, 2.75) is 25.3 Å². The van der Waals surface area contributed by atoms with Gasteiger partial charge in [-0.05, 0) is 31.8 Å². The number of hydrogen-bond donors (Lipinski definition) is 1. The quantitative estimate of drug-likeness (QED) is 0.787. The Bertz CT molecular complexity index is 691. The summed E-state index contributed by atoms with van der Waals surface area (Å²) in [4.78, 5) is 6.48. The number of likely N-dealkylation sites (tertiary alicyclic amines) is 1. The maximum Gasteiger partial charge on any atom is 0.281 e. The molecule has 0 bridgehead atoms. The third-order valence-corrected chi connectivity index (χ3v) is 5.47. The van der Waals surface area contributed by atoms with Crippen LogP contribution in [0.3, 0.4) is 0 Å². The molecule has 1 aliphatic rings. The van der Waals surface area contributed by atoms with Crippen LogP contribution in [0, 0.1) is 11.9 Å². The average Bonchev–Trinajstić information content (AvgIpc) is 3.13. The van der Waals surface area contributed by atoms with Crippen LogP contribution < -0.4 is 10.5 Å². The van der Waals surface area contributed by atoms with Gasteiger partial charge >= 0.3 is 0 Å². The van der Waals surface area contributed by atoms with Gasteiger partial charge in [0.15, 0.2) is 0 Å². The van der Waals surface area contributed by atoms with E-state index in [1.165, 1.54) is 29.0 Å². The first-order valence-corrected chi connectivity index (χ1v) is 9.24. The van der Waals surface area contributed by atoms with E-state index in [0.717, 1.165) is 25.9 Å². The summed E-state index contributed by atoms with van der Waals surface area (Å²) in [7, 11) is 0. The van der Waals surface area contributed by atoms with Gasteiger partial charge in [0.1, 0.15) is 5.69 Å². The van der Waals surface area contributed by atoms with Gasteiger partial charge in [-0.25, -0.2) is 13.8 Å². The van der Waals surface area contributed by atoms with Gasteiger partial charge in [0.05, 0.1) is 23.0 Å². The molecular weight excluding hydrogens is 367 g/mol. The molecule has 3 heterocycles. The number of ether oxygens (including phenoxy) is 1. The van der Waals surface area contributed by atoms with Crippen LogP contribution in [0.2, 0.25) is 0 Å². The molecule has 1 aliphatic heterocycles. The van der Waals surface area contributed by atoms with E-state index in [2.05, 4.69) is 20.1 Å². The minimum atomic E-state index is -2.59. The summed E-state index contributed by atoms with van der Waals surface area (Å²) in [6, 6.07) is 2.40. The minimum absolute atomic E-state index is 0.161. The van der Waals surface area contributed by atoms with Crippen molar-refractivity contribution in [3.63, 3.8) is 0 Å². The number of nitrogens with two attached hydrogens (primary N) is 1. The molecule has 0 aliphatic carbocycles. The first kappa shape index (κ1) is 19.0. The molecule has 2 N–H and O–H groups in total. The van der Waals surface area contributed by atoms with Gasteiger partial charge in [0.2, 0.25) is 11.8 Å². The highest BCUT2D eigenvalue weighted by Crippen LogP contribution is 2.34. The first-order chi connectivity index (χ1) is 12.6. The van der Waals surface area contributed by atoms with Crippen molar-refractivity contribution in [3.8, 4) is 5.88 Å². The summed E-state index contributed by atoms with van der Waals surface area (Å²) >= 11 is 1.23. The van der Waals surface area contributed by atoms with Crippen molar-refractivity contribution >= 4 is 11.3 Å². The lowest BCUT2D eigenvalue weighted by molar-refractivity contribution is 0.104. The van der Waals surface area contributed by atoms with E-state index in [1.54, 1.807) is 0 Å². The third-order valence-electron chi connectivity index (χ3n) is 4.52. The molecule has 3 rings (SSSR count). The van der Waals surface area contributed by atoms with Crippen LogP contribution in [-0.2, 0) is 0 Å². The highest BCUT2D eigenvalue weighted by Gasteiger charge is 2.30. The number of hydrogen-bond acceptors (Lipinski definition) is 7. The fourth-order valence-electron chi connectivity index (χ4n) is 3.11. The van der Waals surface area contributed by atoms with E-state index in [9.17, 15) is 13.2 Å². The molecule has 26 heavy (non-hydrogen) atoms. The maximum absolute atomic E-state index is 13.1. The lowest BCUT2D eigenvalue weighted by atomic mass is 9.96. The Morgan fingerprint density at radius 3 is 2.65 bits per heavy atom. The number of alkyl halides is 2. The van der Waals surface area contributed by atoms with Crippen LogP contribution in [0.25, 0.3) is 0 Å². The fraction of sp³-hybridized carbons (Fsp3) is 0.562. The monoisotopic (exact) mass is 387 g/mol. The molecule has 0 spiro atoms. The van der Waals surface area contributed by atoms with Crippen LogP contribution in [0.5, 0.6) is 5.88 Å². The number of rotatable bonds is 7. The normalized spacial score (nSPS) is 17.6. The van der Waals surface area contributed by atoms with Gasteiger partial charge in [-0.2, -0.15) is 4.39 Å². The van der Waals surface area contributed by atoms with Gasteiger partial charge in [0, 0.05) is 18.7 Å². The molecule has 6 nitrogen and oxygen atoms in total. The summed E-state index contributed by atoms with van der Waals surface area (Å²) in [5.41, 5.74) is 7.15. The second-order valence-corrected chi connectivity index (χ2v) is 7.03.